The number of rotatable bonds is 11. The second-order valence-electron chi connectivity index (χ2n) is 7.21. The summed E-state index contributed by atoms with van der Waals surface area (Å²) in [7, 11) is -3.53. The molecule has 1 aromatic heterocycles. The molecule has 0 fully saturated rings. The van der Waals surface area contributed by atoms with Gasteiger partial charge in [0.05, 0.1) is 4.90 Å². The van der Waals surface area contributed by atoms with Crippen molar-refractivity contribution < 1.29 is 22.7 Å². The van der Waals surface area contributed by atoms with E-state index in [1.807, 2.05) is 18.4 Å². The minimum Gasteiger partial charge on any atom is -0.454 e. The van der Waals surface area contributed by atoms with Crippen molar-refractivity contribution in [3.8, 4) is 0 Å². The maximum atomic E-state index is 12.5. The smallest absolute Gasteiger partial charge is 0.331 e. The summed E-state index contributed by atoms with van der Waals surface area (Å²) in [4.78, 5) is 24.7. The van der Waals surface area contributed by atoms with E-state index in [9.17, 15) is 18.0 Å². The number of sulfonamides is 1. The largest absolute Gasteiger partial charge is 0.454 e. The van der Waals surface area contributed by atoms with Crippen LogP contribution in [0.25, 0.3) is 6.08 Å². The second kappa shape index (κ2) is 11.1. The van der Waals surface area contributed by atoms with Gasteiger partial charge in [-0.3, -0.25) is 4.79 Å². The van der Waals surface area contributed by atoms with E-state index in [0.29, 0.717) is 30.8 Å². The Kier molecular flexibility index (Phi) is 8.74. The molecule has 2 aromatic rings. The zero-order chi connectivity index (χ0) is 23.9. The fraction of sp³-hybridized carbons (Fsp3) is 0.333. The Labute approximate surface area is 190 Å². The normalized spacial score (nSPS) is 11.8. The van der Waals surface area contributed by atoms with Gasteiger partial charge in [-0.15, -0.1) is 6.58 Å². The van der Waals surface area contributed by atoms with E-state index in [2.05, 4.69) is 6.58 Å². The van der Waals surface area contributed by atoms with Crippen molar-refractivity contribution in [3.05, 3.63) is 71.6 Å². The van der Waals surface area contributed by atoms with Crippen molar-refractivity contribution in [1.82, 2.24) is 8.87 Å². The number of ether oxygens (including phenoxy) is 1. The lowest BCUT2D eigenvalue weighted by atomic mass is 10.1. The van der Waals surface area contributed by atoms with Crippen molar-refractivity contribution in [3.63, 3.8) is 0 Å². The number of carbonyl (C=O) groups is 2. The SMILES string of the molecule is C=CCn1c(C)cc(C(=O)COC(=O)C=Cc2ccc(S(=O)(=O)N(CC)CC)cc2)c1C. The van der Waals surface area contributed by atoms with Gasteiger partial charge in [0.1, 0.15) is 0 Å². The van der Waals surface area contributed by atoms with Gasteiger partial charge in [0, 0.05) is 42.7 Å². The quantitative estimate of drug-likeness (QED) is 0.222. The highest BCUT2D eigenvalue weighted by atomic mass is 32.2. The van der Waals surface area contributed by atoms with Gasteiger partial charge in [-0.05, 0) is 43.7 Å². The van der Waals surface area contributed by atoms with Crippen LogP contribution in [-0.4, -0.2) is 48.7 Å². The molecule has 0 aliphatic heterocycles. The molecule has 0 amide bonds. The molecule has 32 heavy (non-hydrogen) atoms. The topological polar surface area (TPSA) is 85.7 Å². The Morgan fingerprint density at radius 2 is 1.75 bits per heavy atom. The molecule has 0 aliphatic rings. The molecule has 0 saturated heterocycles. The minimum atomic E-state index is -3.53. The summed E-state index contributed by atoms with van der Waals surface area (Å²) in [6, 6.07) is 8.00. The van der Waals surface area contributed by atoms with E-state index in [1.165, 1.54) is 28.6 Å². The van der Waals surface area contributed by atoms with Gasteiger partial charge in [-0.1, -0.05) is 32.1 Å². The summed E-state index contributed by atoms with van der Waals surface area (Å²) < 4.78 is 33.4. The molecular weight excluding hydrogens is 428 g/mol. The summed E-state index contributed by atoms with van der Waals surface area (Å²) in [6.07, 6.45) is 4.48. The lowest BCUT2D eigenvalue weighted by Crippen LogP contribution is -2.30. The first kappa shape index (κ1) is 25.3. The maximum absolute atomic E-state index is 12.5. The first-order valence-electron chi connectivity index (χ1n) is 10.4. The first-order valence-corrected chi connectivity index (χ1v) is 11.9. The van der Waals surface area contributed by atoms with Crippen molar-refractivity contribution in [1.29, 1.82) is 0 Å². The molecule has 1 aromatic carbocycles. The van der Waals surface area contributed by atoms with Crippen LogP contribution in [0.15, 0.2) is 54.0 Å². The third-order valence-electron chi connectivity index (χ3n) is 5.17. The average Bonchev–Trinajstić information content (AvgIpc) is 3.05. The Morgan fingerprint density at radius 1 is 1.12 bits per heavy atom. The molecule has 2 rings (SSSR count). The van der Waals surface area contributed by atoms with Crippen molar-refractivity contribution >= 4 is 27.9 Å². The highest BCUT2D eigenvalue weighted by molar-refractivity contribution is 7.89. The molecule has 1 heterocycles. The number of aryl methyl sites for hydroxylation is 1. The summed E-state index contributed by atoms with van der Waals surface area (Å²) >= 11 is 0. The Morgan fingerprint density at radius 3 is 2.31 bits per heavy atom. The number of aromatic nitrogens is 1. The number of ketones is 1. The molecule has 8 heteroatoms. The predicted molar refractivity (Wildman–Crippen MR) is 125 cm³/mol. The molecule has 0 N–H and O–H groups in total. The first-order chi connectivity index (χ1) is 15.1. The van der Waals surface area contributed by atoms with Crippen LogP contribution in [0, 0.1) is 13.8 Å². The summed E-state index contributed by atoms with van der Waals surface area (Å²) in [5, 5.41) is 0. The van der Waals surface area contributed by atoms with Gasteiger partial charge in [0.25, 0.3) is 0 Å². The van der Waals surface area contributed by atoms with E-state index >= 15 is 0 Å². The van der Waals surface area contributed by atoms with Gasteiger partial charge < -0.3 is 9.30 Å². The van der Waals surface area contributed by atoms with Crippen LogP contribution in [0.2, 0.25) is 0 Å². The number of allylic oxidation sites excluding steroid dienone is 1. The molecule has 7 nitrogen and oxygen atoms in total. The van der Waals surface area contributed by atoms with Gasteiger partial charge >= 0.3 is 5.97 Å². The van der Waals surface area contributed by atoms with Crippen LogP contribution in [0.1, 0.15) is 41.2 Å². The van der Waals surface area contributed by atoms with E-state index in [1.54, 1.807) is 38.1 Å². The standard InChI is InChI=1S/C24H30N2O5S/c1-6-15-26-18(4)16-22(19(26)5)23(27)17-31-24(28)14-11-20-9-12-21(13-10-20)32(29,30)25(7-2)8-3/h6,9-14,16H,1,7-8,15,17H2,2-5H3. The second-order valence-corrected chi connectivity index (χ2v) is 9.14. The van der Waals surface area contributed by atoms with Gasteiger partial charge in [-0.25, -0.2) is 13.2 Å². The number of hydrogen-bond donors (Lipinski definition) is 0. The van der Waals surface area contributed by atoms with Crippen molar-refractivity contribution in [2.45, 2.75) is 39.1 Å². The molecule has 0 saturated carbocycles. The molecule has 0 radical (unpaired) electrons. The summed E-state index contributed by atoms with van der Waals surface area (Å²) in [6.45, 7) is 12.1. The van der Waals surface area contributed by atoms with Crippen LogP contribution in [0.5, 0.6) is 0 Å². The molecule has 172 valence electrons. The fourth-order valence-corrected chi connectivity index (χ4v) is 4.84. The van der Waals surface area contributed by atoms with Crippen LogP contribution >= 0.6 is 0 Å². The number of carbonyl (C=O) groups excluding carboxylic acids is 2. The number of Topliss-reactive ketones (excluding diaryl/α,β-unsaturated/α-hetero) is 1. The van der Waals surface area contributed by atoms with E-state index < -0.39 is 16.0 Å². The van der Waals surface area contributed by atoms with Gasteiger partial charge in [-0.2, -0.15) is 4.31 Å². The van der Waals surface area contributed by atoms with Crippen molar-refractivity contribution in [2.24, 2.45) is 0 Å². The molecular formula is C24H30N2O5S. The Hall–Kier alpha value is -2.97. The number of esters is 1. The highest BCUT2D eigenvalue weighted by Crippen LogP contribution is 2.18. The molecule has 0 atom stereocenters. The minimum absolute atomic E-state index is 0.195. The van der Waals surface area contributed by atoms with Gasteiger partial charge in [0.15, 0.2) is 6.61 Å². The summed E-state index contributed by atoms with van der Waals surface area (Å²) in [5.41, 5.74) is 2.90. The summed E-state index contributed by atoms with van der Waals surface area (Å²) in [5.74, 6) is -0.931. The monoisotopic (exact) mass is 458 g/mol. The van der Waals surface area contributed by atoms with E-state index in [0.717, 1.165) is 11.4 Å². The number of nitrogens with zero attached hydrogens (tertiary/aromatic N) is 2. The van der Waals surface area contributed by atoms with Crippen LogP contribution in [0.4, 0.5) is 0 Å². The zero-order valence-electron chi connectivity index (χ0n) is 19.0. The van der Waals surface area contributed by atoms with E-state index in [-0.39, 0.29) is 17.3 Å². The third-order valence-corrected chi connectivity index (χ3v) is 7.23. The molecule has 0 bridgehead atoms. The third kappa shape index (κ3) is 5.83. The Bertz CT molecular complexity index is 1110. The zero-order valence-corrected chi connectivity index (χ0v) is 19.8. The highest BCUT2D eigenvalue weighted by Gasteiger charge is 2.21. The van der Waals surface area contributed by atoms with Crippen LogP contribution in [-0.2, 0) is 26.1 Å². The van der Waals surface area contributed by atoms with Gasteiger partial charge in [0.2, 0.25) is 15.8 Å². The van der Waals surface area contributed by atoms with Crippen LogP contribution < -0.4 is 0 Å². The van der Waals surface area contributed by atoms with Crippen LogP contribution in [0.3, 0.4) is 0 Å². The maximum Gasteiger partial charge on any atom is 0.331 e. The average molecular weight is 459 g/mol. The lowest BCUT2D eigenvalue weighted by Gasteiger charge is -2.18. The predicted octanol–water partition coefficient (Wildman–Crippen LogP) is 3.76. The number of benzene rings is 1. The lowest BCUT2D eigenvalue weighted by molar-refractivity contribution is -0.136. The molecule has 0 unspecified atom stereocenters. The van der Waals surface area contributed by atoms with E-state index in [4.69, 9.17) is 4.74 Å². The Balaban J connectivity index is 1.99. The number of hydrogen-bond acceptors (Lipinski definition) is 5. The molecule has 0 aliphatic carbocycles. The molecule has 0 spiro atoms. The fourth-order valence-electron chi connectivity index (χ4n) is 3.38. The van der Waals surface area contributed by atoms with Crippen molar-refractivity contribution in [2.75, 3.05) is 19.7 Å².